The predicted octanol–water partition coefficient (Wildman–Crippen LogP) is 6.04. The van der Waals surface area contributed by atoms with Crippen LogP contribution in [0.25, 0.3) is 32.9 Å². The number of hydrogen-bond acceptors (Lipinski definition) is 15. The van der Waals surface area contributed by atoms with Crippen molar-refractivity contribution >= 4 is 62.9 Å². The average molecular weight is 1040 g/mol. The van der Waals surface area contributed by atoms with Gasteiger partial charge in [0, 0.05) is 86.6 Å². The maximum atomic E-state index is 17.3. The first-order chi connectivity index (χ1) is 36.7. The van der Waals surface area contributed by atoms with E-state index in [4.69, 9.17) is 25.9 Å². The van der Waals surface area contributed by atoms with Gasteiger partial charge in [-0.05, 0) is 105 Å². The monoisotopic (exact) mass is 1030 g/mol. The third-order valence-electron chi connectivity index (χ3n) is 16.5. The SMILES string of the molecule is C#Cc1c(F)ccc2cc(O)cc(-c3ncc4c(N5CC6CCC(C5)N6)nc(OC[C@@]56CC[C@@H](COC(=O)N7CCC(CCCNc8ccc9c(c8)C(=O)N(C8CCC(=O)NC8=O)C9=O)C7)N5CC(=C)C6)nc4c3F)c12. The molecule has 5 amide bonds. The molecule has 0 radical (unpaired) electrons. The number of amides is 5. The van der Waals surface area contributed by atoms with E-state index in [1.54, 1.807) is 23.1 Å². The summed E-state index contributed by atoms with van der Waals surface area (Å²) >= 11 is 0. The number of piperidine rings is 1. The highest BCUT2D eigenvalue weighted by Crippen LogP contribution is 2.45. The molecule has 12 rings (SSSR count). The minimum atomic E-state index is -1.02. The Balaban J connectivity index is 0.684. The van der Waals surface area contributed by atoms with Gasteiger partial charge in [-0.3, -0.25) is 39.3 Å². The molecule has 2 bridgehead atoms. The van der Waals surface area contributed by atoms with Crippen molar-refractivity contribution in [2.75, 3.05) is 62.7 Å². The number of carbonyl (C=O) groups excluding carboxylic acids is 5. The van der Waals surface area contributed by atoms with Crippen LogP contribution in [0, 0.1) is 29.9 Å². The smallest absolute Gasteiger partial charge is 0.409 e. The molecule has 7 aliphatic rings. The molecule has 76 heavy (non-hydrogen) atoms. The Morgan fingerprint density at radius 3 is 2.59 bits per heavy atom. The van der Waals surface area contributed by atoms with E-state index in [0.29, 0.717) is 68.0 Å². The number of rotatable bonds is 13. The molecule has 18 nitrogen and oxygen atoms in total. The van der Waals surface area contributed by atoms with Crippen molar-refractivity contribution in [1.82, 2.24) is 40.3 Å². The second kappa shape index (κ2) is 19.4. The van der Waals surface area contributed by atoms with Gasteiger partial charge < -0.3 is 35.0 Å². The van der Waals surface area contributed by atoms with Crippen LogP contribution < -0.4 is 25.6 Å². The van der Waals surface area contributed by atoms with E-state index < -0.39 is 46.8 Å². The number of halogens is 2. The van der Waals surface area contributed by atoms with Gasteiger partial charge in [0.2, 0.25) is 11.8 Å². The molecule has 5 aromatic rings. The Morgan fingerprint density at radius 2 is 1.79 bits per heavy atom. The van der Waals surface area contributed by atoms with Crippen LogP contribution in [0.15, 0.2) is 60.8 Å². The minimum absolute atomic E-state index is 0.0147. The number of phenolic OH excluding ortho intramolecular Hbond substituents is 1. The number of aromatic nitrogens is 3. The van der Waals surface area contributed by atoms with Gasteiger partial charge in [0.05, 0.1) is 27.6 Å². The Kier molecular flexibility index (Phi) is 12.6. The van der Waals surface area contributed by atoms with Crippen molar-refractivity contribution in [2.45, 2.75) is 93.9 Å². The number of phenols is 1. The average Bonchev–Trinajstić information content (AvgIpc) is 4.28. The van der Waals surface area contributed by atoms with Crippen molar-refractivity contribution in [3.8, 4) is 35.4 Å². The van der Waals surface area contributed by atoms with E-state index in [2.05, 4.69) is 43.2 Å². The summed E-state index contributed by atoms with van der Waals surface area (Å²) in [7, 11) is 0. The molecule has 2 aromatic heterocycles. The lowest BCUT2D eigenvalue weighted by atomic mass is 9.94. The molecule has 0 spiro atoms. The van der Waals surface area contributed by atoms with Crippen LogP contribution in [0.4, 0.5) is 25.1 Å². The molecule has 6 atom stereocenters. The standard InChI is InChI=1S/C56H56F2N10O8/c1-3-38-43(57)11-6-32-19-37(69)21-41(46(32)38)48-47(58)49-42(23-60-48)50(66-26-34-7-8-35(27-66)61-34)64-54(63-49)76-29-56-16-14-36(67(56)24-30(2)22-56)28-75-55(74)65-18-15-31(25-65)5-4-17-59-33-9-10-39-40(20-33)53(73)68(52(39)72)44-12-13-45(70)62-51(44)71/h1,6,9-11,19-21,23,31,34-36,44,59,61,69H,2,4-5,7-8,12-18,22,24-29H2,(H,62,70,71)/t31?,34?,35?,36-,44?,56-/m0/s1. The van der Waals surface area contributed by atoms with E-state index in [0.717, 1.165) is 55.4 Å². The number of anilines is 2. The quantitative estimate of drug-likeness (QED) is 0.0458. The number of hydrogen-bond donors (Lipinski definition) is 4. The Bertz CT molecular complexity index is 3340. The molecule has 6 fully saturated rings. The predicted molar refractivity (Wildman–Crippen MR) is 276 cm³/mol. The number of ether oxygens (including phenoxy) is 2. The van der Waals surface area contributed by atoms with Crippen LogP contribution in [0.5, 0.6) is 11.8 Å². The number of pyridine rings is 1. The number of fused-ring (bicyclic) bond motifs is 6. The Hall–Kier alpha value is -7.76. The van der Waals surface area contributed by atoms with Gasteiger partial charge in [-0.1, -0.05) is 24.1 Å². The van der Waals surface area contributed by atoms with Gasteiger partial charge in [0.25, 0.3) is 11.8 Å². The molecular weight excluding hydrogens is 979 g/mol. The zero-order valence-electron chi connectivity index (χ0n) is 41.7. The fourth-order valence-electron chi connectivity index (χ4n) is 12.9. The van der Waals surface area contributed by atoms with E-state index >= 15 is 8.78 Å². The fourth-order valence-corrected chi connectivity index (χ4v) is 12.9. The van der Waals surface area contributed by atoms with Gasteiger partial charge in [-0.15, -0.1) is 6.42 Å². The van der Waals surface area contributed by atoms with Crippen LogP contribution in [-0.4, -0.2) is 147 Å². The zero-order chi connectivity index (χ0) is 52.6. The minimum Gasteiger partial charge on any atom is -0.508 e. The summed E-state index contributed by atoms with van der Waals surface area (Å²) in [5.41, 5.74) is 1.48. The highest BCUT2D eigenvalue weighted by molar-refractivity contribution is 6.23. The van der Waals surface area contributed by atoms with Gasteiger partial charge in [-0.25, -0.2) is 13.6 Å². The summed E-state index contributed by atoms with van der Waals surface area (Å²) < 4.78 is 44.9. The first-order valence-electron chi connectivity index (χ1n) is 26.1. The second-order valence-corrected chi connectivity index (χ2v) is 21.4. The lowest BCUT2D eigenvalue weighted by Gasteiger charge is -2.35. The molecule has 392 valence electrons. The van der Waals surface area contributed by atoms with Gasteiger partial charge in [-0.2, -0.15) is 9.97 Å². The van der Waals surface area contributed by atoms with E-state index in [1.165, 1.54) is 30.5 Å². The zero-order valence-corrected chi connectivity index (χ0v) is 41.7. The molecule has 0 saturated carbocycles. The molecule has 4 N–H and O–H groups in total. The number of nitrogens with zero attached hydrogens (tertiary/aromatic N) is 7. The van der Waals surface area contributed by atoms with Crippen LogP contribution in [-0.2, 0) is 14.3 Å². The van der Waals surface area contributed by atoms with E-state index in [-0.39, 0.29) is 107 Å². The third kappa shape index (κ3) is 8.78. The van der Waals surface area contributed by atoms with Crippen LogP contribution in [0.1, 0.15) is 90.5 Å². The Morgan fingerprint density at radius 1 is 0.974 bits per heavy atom. The van der Waals surface area contributed by atoms with Gasteiger partial charge in [0.15, 0.2) is 5.82 Å². The van der Waals surface area contributed by atoms with Crippen LogP contribution in [0.3, 0.4) is 0 Å². The number of aromatic hydroxyl groups is 1. The molecule has 20 heteroatoms. The number of carbonyl (C=O) groups is 5. The fraction of sp³-hybridized carbons (Fsp3) is 0.429. The maximum absolute atomic E-state index is 17.3. The topological polar surface area (TPSA) is 212 Å². The van der Waals surface area contributed by atoms with Crippen molar-refractivity contribution in [2.24, 2.45) is 5.92 Å². The molecule has 3 aromatic carbocycles. The summed E-state index contributed by atoms with van der Waals surface area (Å²) in [6.45, 7) is 8.35. The summed E-state index contributed by atoms with van der Waals surface area (Å²) in [6.07, 6.45) is 13.7. The van der Waals surface area contributed by atoms with Gasteiger partial charge >= 0.3 is 12.1 Å². The van der Waals surface area contributed by atoms with Gasteiger partial charge in [0.1, 0.15) is 47.9 Å². The number of terminal acetylenes is 1. The second-order valence-electron chi connectivity index (χ2n) is 21.4. The van der Waals surface area contributed by atoms with Crippen molar-refractivity contribution in [1.29, 1.82) is 0 Å². The van der Waals surface area contributed by atoms with E-state index in [1.807, 2.05) is 0 Å². The Labute approximate surface area is 436 Å². The third-order valence-corrected chi connectivity index (χ3v) is 16.5. The van der Waals surface area contributed by atoms with Crippen LogP contribution >= 0.6 is 0 Å². The van der Waals surface area contributed by atoms with Crippen molar-refractivity contribution in [3.05, 3.63) is 89.1 Å². The number of nitrogens with one attached hydrogen (secondary N) is 3. The number of benzene rings is 3. The molecule has 7 aliphatic heterocycles. The summed E-state index contributed by atoms with van der Waals surface area (Å²) in [5, 5.41) is 21.0. The first-order valence-corrected chi connectivity index (χ1v) is 26.1. The highest BCUT2D eigenvalue weighted by Gasteiger charge is 2.52. The van der Waals surface area contributed by atoms with Crippen LogP contribution in [0.2, 0.25) is 0 Å². The molecule has 6 saturated heterocycles. The van der Waals surface area contributed by atoms with Crippen molar-refractivity contribution in [3.63, 3.8) is 0 Å². The summed E-state index contributed by atoms with van der Waals surface area (Å²) in [6, 6.07) is 9.74. The normalized spacial score (nSPS) is 25.1. The summed E-state index contributed by atoms with van der Waals surface area (Å²) in [4.78, 5) is 85.4. The van der Waals surface area contributed by atoms with E-state index in [9.17, 15) is 29.1 Å². The molecular formula is C56H56F2N10O8. The lowest BCUT2D eigenvalue weighted by molar-refractivity contribution is -0.136. The maximum Gasteiger partial charge on any atom is 0.409 e. The highest BCUT2D eigenvalue weighted by atomic mass is 19.1. The largest absolute Gasteiger partial charge is 0.508 e. The number of imide groups is 2. The lowest BCUT2D eigenvalue weighted by Crippen LogP contribution is -2.54. The molecule has 0 aliphatic carbocycles. The number of likely N-dealkylation sites (tertiary alicyclic amines) is 1. The summed E-state index contributed by atoms with van der Waals surface area (Å²) in [5.74, 6) is -0.643. The van der Waals surface area contributed by atoms with Crippen molar-refractivity contribution < 1.29 is 47.3 Å². The first kappa shape index (κ1) is 49.1. The molecule has 9 heterocycles. The molecule has 4 unspecified atom stereocenters. The number of piperazine rings is 1.